The quantitative estimate of drug-likeness (QED) is 0.714. The number of benzene rings is 2. The van der Waals surface area contributed by atoms with Gasteiger partial charge in [-0.1, -0.05) is 11.6 Å². The van der Waals surface area contributed by atoms with Gasteiger partial charge in [0.2, 0.25) is 0 Å². The van der Waals surface area contributed by atoms with Crippen LogP contribution in [0, 0.1) is 5.41 Å². The fourth-order valence-corrected chi connectivity index (χ4v) is 4.93. The number of aldehydes is 1. The standard InChI is InChI=1S/C26H27NO5/c1-31-20-3-4-21-19(13-20)15-32-23-5-2-17(14-28)12-22(23)24(21)18-6-10-27(11-7-18)16-26(8-9-26)25(29)30/h2-5,12-14H,6-11,15-16H2,1H3,(H,29,30). The van der Waals surface area contributed by atoms with Gasteiger partial charge in [0.25, 0.3) is 0 Å². The van der Waals surface area contributed by atoms with Gasteiger partial charge in [-0.3, -0.25) is 9.59 Å². The van der Waals surface area contributed by atoms with Gasteiger partial charge < -0.3 is 19.5 Å². The highest BCUT2D eigenvalue weighted by Gasteiger charge is 2.51. The van der Waals surface area contributed by atoms with E-state index >= 15 is 0 Å². The van der Waals surface area contributed by atoms with Crippen LogP contribution in [0.3, 0.4) is 0 Å². The van der Waals surface area contributed by atoms with Crippen LogP contribution in [0.15, 0.2) is 42.0 Å². The lowest BCUT2D eigenvalue weighted by atomic mass is 9.85. The van der Waals surface area contributed by atoms with Crippen LogP contribution < -0.4 is 9.47 Å². The molecular weight excluding hydrogens is 406 g/mol. The van der Waals surface area contributed by atoms with Crippen LogP contribution in [0.25, 0.3) is 5.57 Å². The summed E-state index contributed by atoms with van der Waals surface area (Å²) in [6.45, 7) is 2.74. The maximum absolute atomic E-state index is 11.6. The minimum absolute atomic E-state index is 0.435. The van der Waals surface area contributed by atoms with Crippen LogP contribution in [0.2, 0.25) is 0 Å². The lowest BCUT2D eigenvalue weighted by molar-refractivity contribution is -0.144. The van der Waals surface area contributed by atoms with Crippen molar-refractivity contribution in [1.82, 2.24) is 4.90 Å². The van der Waals surface area contributed by atoms with Gasteiger partial charge in [0.1, 0.15) is 24.4 Å². The molecule has 5 rings (SSSR count). The highest BCUT2D eigenvalue weighted by Crippen LogP contribution is 2.47. The molecule has 3 aliphatic rings. The van der Waals surface area contributed by atoms with Crippen LogP contribution >= 0.6 is 0 Å². The van der Waals surface area contributed by atoms with E-state index in [-0.39, 0.29) is 0 Å². The zero-order valence-electron chi connectivity index (χ0n) is 18.2. The van der Waals surface area contributed by atoms with Gasteiger partial charge >= 0.3 is 5.97 Å². The minimum atomic E-state index is -0.666. The SMILES string of the molecule is COc1ccc2c(c1)COc1ccc(C=O)cc1C2=C1CCN(CC2(C(=O)O)CC2)CC1. The van der Waals surface area contributed by atoms with Gasteiger partial charge in [-0.25, -0.2) is 0 Å². The first-order chi connectivity index (χ1) is 15.5. The summed E-state index contributed by atoms with van der Waals surface area (Å²) in [5.41, 5.74) is 5.67. The molecule has 2 aliphatic heterocycles. The monoisotopic (exact) mass is 433 g/mol. The van der Waals surface area contributed by atoms with Crippen molar-refractivity contribution in [2.24, 2.45) is 5.41 Å². The van der Waals surface area contributed by atoms with E-state index in [4.69, 9.17) is 9.47 Å². The Hall–Kier alpha value is -3.12. The van der Waals surface area contributed by atoms with Gasteiger partial charge in [0.15, 0.2) is 0 Å². The Morgan fingerprint density at radius 1 is 1.16 bits per heavy atom. The molecule has 166 valence electrons. The lowest BCUT2D eigenvalue weighted by Gasteiger charge is -2.32. The number of nitrogens with zero attached hydrogens (tertiary/aromatic N) is 1. The molecule has 0 bridgehead atoms. The smallest absolute Gasteiger partial charge is 0.310 e. The van der Waals surface area contributed by atoms with Crippen LogP contribution in [0.1, 0.15) is 52.7 Å². The second-order valence-corrected chi connectivity index (χ2v) is 9.03. The molecule has 6 heteroatoms. The highest BCUT2D eigenvalue weighted by atomic mass is 16.5. The summed E-state index contributed by atoms with van der Waals surface area (Å²) >= 11 is 0. The van der Waals surface area contributed by atoms with E-state index in [9.17, 15) is 14.7 Å². The summed E-state index contributed by atoms with van der Waals surface area (Å²) in [5.74, 6) is 0.897. The van der Waals surface area contributed by atoms with E-state index in [0.717, 1.165) is 78.8 Å². The molecule has 1 aliphatic carbocycles. The van der Waals surface area contributed by atoms with Gasteiger partial charge in [0, 0.05) is 36.3 Å². The molecule has 2 aromatic rings. The van der Waals surface area contributed by atoms with Crippen LogP contribution in [-0.2, 0) is 11.4 Å². The fourth-order valence-electron chi connectivity index (χ4n) is 4.93. The number of carboxylic acid groups (broad SMARTS) is 1. The lowest BCUT2D eigenvalue weighted by Crippen LogP contribution is -2.38. The van der Waals surface area contributed by atoms with Gasteiger partial charge in [0.05, 0.1) is 12.5 Å². The third-order valence-corrected chi connectivity index (χ3v) is 7.02. The topological polar surface area (TPSA) is 76.1 Å². The molecule has 0 radical (unpaired) electrons. The summed E-state index contributed by atoms with van der Waals surface area (Å²) in [4.78, 5) is 25.4. The van der Waals surface area contributed by atoms with E-state index in [0.29, 0.717) is 18.7 Å². The number of ether oxygens (including phenoxy) is 2. The van der Waals surface area contributed by atoms with Gasteiger partial charge in [-0.2, -0.15) is 0 Å². The zero-order chi connectivity index (χ0) is 22.3. The van der Waals surface area contributed by atoms with E-state index < -0.39 is 11.4 Å². The summed E-state index contributed by atoms with van der Waals surface area (Å²) in [5, 5.41) is 9.54. The molecule has 1 saturated heterocycles. The molecule has 0 atom stereocenters. The average Bonchev–Trinajstić information content (AvgIpc) is 3.62. The van der Waals surface area contributed by atoms with Crippen molar-refractivity contribution in [1.29, 1.82) is 0 Å². The largest absolute Gasteiger partial charge is 0.497 e. The van der Waals surface area contributed by atoms with Gasteiger partial charge in [-0.15, -0.1) is 0 Å². The summed E-state index contributed by atoms with van der Waals surface area (Å²) in [6, 6.07) is 11.6. The number of carbonyl (C=O) groups is 2. The van der Waals surface area contributed by atoms with Crippen molar-refractivity contribution in [3.05, 3.63) is 64.2 Å². The summed E-state index contributed by atoms with van der Waals surface area (Å²) < 4.78 is 11.6. The Balaban J connectivity index is 1.53. The van der Waals surface area contributed by atoms with Crippen molar-refractivity contribution in [2.75, 3.05) is 26.7 Å². The molecule has 0 spiro atoms. The molecular formula is C26H27NO5. The van der Waals surface area contributed by atoms with E-state index in [1.54, 1.807) is 13.2 Å². The number of methoxy groups -OCH3 is 1. The molecule has 6 nitrogen and oxygen atoms in total. The number of hydrogen-bond acceptors (Lipinski definition) is 5. The highest BCUT2D eigenvalue weighted by molar-refractivity contribution is 5.89. The Bertz CT molecular complexity index is 1110. The Morgan fingerprint density at radius 2 is 1.94 bits per heavy atom. The van der Waals surface area contributed by atoms with Crippen molar-refractivity contribution < 1.29 is 24.2 Å². The van der Waals surface area contributed by atoms with E-state index in [1.807, 2.05) is 24.3 Å². The molecule has 1 N–H and O–H groups in total. The van der Waals surface area contributed by atoms with Crippen molar-refractivity contribution in [2.45, 2.75) is 32.3 Å². The van der Waals surface area contributed by atoms with Crippen LogP contribution in [0.4, 0.5) is 0 Å². The molecule has 0 aromatic heterocycles. The number of piperidine rings is 1. The number of rotatable bonds is 5. The number of hydrogen-bond donors (Lipinski definition) is 1. The Kier molecular flexibility index (Phi) is 5.25. The number of carbonyl (C=O) groups excluding carboxylic acids is 1. The number of aliphatic carboxylic acids is 1. The third-order valence-electron chi connectivity index (χ3n) is 7.02. The summed E-state index contributed by atoms with van der Waals surface area (Å²) in [6.07, 6.45) is 4.15. The Morgan fingerprint density at radius 3 is 2.59 bits per heavy atom. The first kappa shape index (κ1) is 20.8. The first-order valence-corrected chi connectivity index (χ1v) is 11.1. The molecule has 0 unspecified atom stereocenters. The fraction of sp³-hybridized carbons (Fsp3) is 0.385. The normalized spacial score (nSPS) is 19.3. The predicted molar refractivity (Wildman–Crippen MR) is 120 cm³/mol. The maximum Gasteiger partial charge on any atom is 0.310 e. The number of fused-ring (bicyclic) bond motifs is 2. The summed E-state index contributed by atoms with van der Waals surface area (Å²) in [7, 11) is 1.66. The second kappa shape index (κ2) is 8.10. The molecule has 0 amide bonds. The molecule has 1 saturated carbocycles. The van der Waals surface area contributed by atoms with Crippen molar-refractivity contribution in [3.63, 3.8) is 0 Å². The number of likely N-dealkylation sites (tertiary alicyclic amines) is 1. The van der Waals surface area contributed by atoms with E-state index in [1.165, 1.54) is 5.57 Å². The molecule has 2 aromatic carbocycles. The zero-order valence-corrected chi connectivity index (χ0v) is 18.2. The molecule has 2 fully saturated rings. The van der Waals surface area contributed by atoms with Crippen LogP contribution in [0.5, 0.6) is 11.5 Å². The molecule has 2 heterocycles. The van der Waals surface area contributed by atoms with Crippen molar-refractivity contribution >= 4 is 17.8 Å². The average molecular weight is 434 g/mol. The van der Waals surface area contributed by atoms with E-state index in [2.05, 4.69) is 11.0 Å². The maximum atomic E-state index is 11.6. The predicted octanol–water partition coefficient (Wildman–Crippen LogP) is 4.16. The Labute approximate surface area is 187 Å². The third kappa shape index (κ3) is 3.69. The van der Waals surface area contributed by atoms with Crippen LogP contribution in [-0.4, -0.2) is 49.0 Å². The van der Waals surface area contributed by atoms with Gasteiger partial charge in [-0.05, 0) is 67.2 Å². The minimum Gasteiger partial charge on any atom is -0.497 e. The van der Waals surface area contributed by atoms with Crippen molar-refractivity contribution in [3.8, 4) is 11.5 Å². The molecule has 32 heavy (non-hydrogen) atoms. The second-order valence-electron chi connectivity index (χ2n) is 9.03. The number of carboxylic acids is 1. The first-order valence-electron chi connectivity index (χ1n) is 11.1.